The van der Waals surface area contributed by atoms with Gasteiger partial charge in [0, 0.05) is 37.6 Å². The number of thioether (sulfide) groups is 1. The van der Waals surface area contributed by atoms with E-state index < -0.39 is 0 Å². The Labute approximate surface area is 112 Å². The lowest BCUT2D eigenvalue weighted by atomic mass is 10.2. The van der Waals surface area contributed by atoms with E-state index in [1.54, 1.807) is 6.07 Å². The Kier molecular flexibility index (Phi) is 4.90. The number of hydrogen-bond acceptors (Lipinski definition) is 4. The molecule has 1 amide bonds. The Morgan fingerprint density at radius 3 is 2.78 bits per heavy atom. The van der Waals surface area contributed by atoms with E-state index in [0.717, 1.165) is 19.6 Å². The van der Waals surface area contributed by atoms with Crippen LogP contribution in [0.15, 0.2) is 24.3 Å². The van der Waals surface area contributed by atoms with Crippen LogP contribution in [0.1, 0.15) is 6.42 Å². The molecule has 1 aromatic carbocycles. The number of rotatable bonds is 4. The molecule has 0 radical (unpaired) electrons. The van der Waals surface area contributed by atoms with Gasteiger partial charge < -0.3 is 16.0 Å². The molecule has 0 aliphatic carbocycles. The quantitative estimate of drug-likeness (QED) is 0.813. The molecule has 2 rings (SSSR count). The van der Waals surface area contributed by atoms with Crippen molar-refractivity contribution in [3.05, 3.63) is 24.3 Å². The van der Waals surface area contributed by atoms with Crippen LogP contribution in [0, 0.1) is 0 Å². The second kappa shape index (κ2) is 6.66. The first-order valence-corrected chi connectivity index (χ1v) is 7.35. The Morgan fingerprint density at radius 1 is 1.33 bits per heavy atom. The molecule has 98 valence electrons. The van der Waals surface area contributed by atoms with Crippen molar-refractivity contribution in [2.24, 2.45) is 0 Å². The summed E-state index contributed by atoms with van der Waals surface area (Å²) >= 11 is 1.98. The van der Waals surface area contributed by atoms with Crippen LogP contribution >= 0.6 is 11.8 Å². The molecule has 3 N–H and O–H groups in total. The van der Waals surface area contributed by atoms with E-state index in [1.807, 2.05) is 30.0 Å². The summed E-state index contributed by atoms with van der Waals surface area (Å²) in [7, 11) is 0. The van der Waals surface area contributed by atoms with Crippen molar-refractivity contribution in [1.29, 1.82) is 0 Å². The highest BCUT2D eigenvalue weighted by molar-refractivity contribution is 7.99. The lowest BCUT2D eigenvalue weighted by molar-refractivity contribution is -0.116. The minimum atomic E-state index is 0.0335. The van der Waals surface area contributed by atoms with Gasteiger partial charge in [-0.3, -0.25) is 4.79 Å². The summed E-state index contributed by atoms with van der Waals surface area (Å²) in [4.78, 5) is 14.1. The van der Waals surface area contributed by atoms with E-state index in [2.05, 4.69) is 10.2 Å². The van der Waals surface area contributed by atoms with Crippen molar-refractivity contribution in [2.45, 2.75) is 6.42 Å². The van der Waals surface area contributed by atoms with Gasteiger partial charge in [0.2, 0.25) is 5.91 Å². The summed E-state index contributed by atoms with van der Waals surface area (Å²) in [5.41, 5.74) is 7.10. The largest absolute Gasteiger partial charge is 0.397 e. The number of anilines is 2. The number of carbonyl (C=O) groups excluding carboxylic acids is 1. The molecule has 0 saturated carbocycles. The fourth-order valence-corrected chi connectivity index (χ4v) is 2.89. The van der Waals surface area contributed by atoms with Crippen molar-refractivity contribution < 1.29 is 4.79 Å². The highest BCUT2D eigenvalue weighted by atomic mass is 32.2. The highest BCUT2D eigenvalue weighted by Gasteiger charge is 2.12. The van der Waals surface area contributed by atoms with Crippen LogP contribution in [0.4, 0.5) is 11.4 Å². The molecule has 1 aliphatic rings. The zero-order valence-corrected chi connectivity index (χ0v) is 11.2. The molecule has 1 aromatic rings. The molecule has 0 bridgehead atoms. The summed E-state index contributed by atoms with van der Waals surface area (Å²) in [5, 5.41) is 2.85. The molecule has 0 aromatic heterocycles. The Hall–Kier alpha value is -1.20. The zero-order chi connectivity index (χ0) is 12.8. The van der Waals surface area contributed by atoms with E-state index in [0.29, 0.717) is 17.8 Å². The summed E-state index contributed by atoms with van der Waals surface area (Å²) in [5.74, 6) is 2.38. The van der Waals surface area contributed by atoms with Crippen LogP contribution in [0.3, 0.4) is 0 Å². The highest BCUT2D eigenvalue weighted by Crippen LogP contribution is 2.17. The number of nitrogens with two attached hydrogens (primary N) is 1. The van der Waals surface area contributed by atoms with Crippen molar-refractivity contribution in [3.63, 3.8) is 0 Å². The molecule has 0 atom stereocenters. The first-order chi connectivity index (χ1) is 8.75. The van der Waals surface area contributed by atoms with E-state index in [9.17, 15) is 4.79 Å². The second-order valence-corrected chi connectivity index (χ2v) is 5.56. The van der Waals surface area contributed by atoms with Gasteiger partial charge >= 0.3 is 0 Å². The van der Waals surface area contributed by atoms with Gasteiger partial charge in [-0.2, -0.15) is 11.8 Å². The van der Waals surface area contributed by atoms with Crippen LogP contribution in [0.2, 0.25) is 0 Å². The van der Waals surface area contributed by atoms with Crippen LogP contribution in [0.25, 0.3) is 0 Å². The molecule has 18 heavy (non-hydrogen) atoms. The molecular formula is C13H19N3OS. The first kappa shape index (κ1) is 13.2. The third-order valence-corrected chi connectivity index (χ3v) is 3.94. The number of nitrogens with zero attached hydrogens (tertiary/aromatic N) is 1. The van der Waals surface area contributed by atoms with E-state index in [4.69, 9.17) is 5.73 Å². The molecule has 1 saturated heterocycles. The van der Waals surface area contributed by atoms with Gasteiger partial charge in [0.15, 0.2) is 0 Å². The minimum Gasteiger partial charge on any atom is -0.397 e. The van der Waals surface area contributed by atoms with Gasteiger partial charge in [-0.1, -0.05) is 12.1 Å². The van der Waals surface area contributed by atoms with Gasteiger partial charge in [-0.05, 0) is 12.1 Å². The van der Waals surface area contributed by atoms with Gasteiger partial charge in [0.25, 0.3) is 0 Å². The number of nitrogens with one attached hydrogen (secondary N) is 1. The maximum absolute atomic E-state index is 11.8. The number of amides is 1. The van der Waals surface area contributed by atoms with Crippen molar-refractivity contribution in [3.8, 4) is 0 Å². The SMILES string of the molecule is Nc1ccccc1NC(=O)CCN1CCSCC1. The van der Waals surface area contributed by atoms with Gasteiger partial charge in [-0.15, -0.1) is 0 Å². The normalized spacial score (nSPS) is 16.4. The lowest BCUT2D eigenvalue weighted by Gasteiger charge is -2.25. The Balaban J connectivity index is 1.76. The van der Waals surface area contributed by atoms with Crippen molar-refractivity contribution in [2.75, 3.05) is 42.2 Å². The fraction of sp³-hybridized carbons (Fsp3) is 0.462. The predicted octanol–water partition coefficient (Wildman–Crippen LogP) is 1.65. The van der Waals surface area contributed by atoms with Gasteiger partial charge in [0.1, 0.15) is 0 Å². The number of nitrogen functional groups attached to an aromatic ring is 1. The molecule has 0 spiro atoms. The van der Waals surface area contributed by atoms with Crippen LogP contribution in [-0.4, -0.2) is 41.9 Å². The number of benzene rings is 1. The molecule has 4 nitrogen and oxygen atoms in total. The monoisotopic (exact) mass is 265 g/mol. The van der Waals surface area contributed by atoms with Crippen LogP contribution in [0.5, 0.6) is 0 Å². The Morgan fingerprint density at radius 2 is 2.06 bits per heavy atom. The summed E-state index contributed by atoms with van der Waals surface area (Å²) in [6.45, 7) is 3.01. The van der Waals surface area contributed by atoms with E-state index in [-0.39, 0.29) is 5.91 Å². The number of carbonyl (C=O) groups is 1. The van der Waals surface area contributed by atoms with Gasteiger partial charge in [0.05, 0.1) is 11.4 Å². The molecule has 1 fully saturated rings. The topological polar surface area (TPSA) is 58.4 Å². The van der Waals surface area contributed by atoms with Crippen molar-refractivity contribution >= 4 is 29.0 Å². The van der Waals surface area contributed by atoms with Gasteiger partial charge in [-0.25, -0.2) is 0 Å². The third kappa shape index (κ3) is 3.92. The van der Waals surface area contributed by atoms with Crippen LogP contribution < -0.4 is 11.1 Å². The standard InChI is InChI=1S/C13H19N3OS/c14-11-3-1-2-4-12(11)15-13(17)5-6-16-7-9-18-10-8-16/h1-4H,5-10,14H2,(H,15,17). The second-order valence-electron chi connectivity index (χ2n) is 4.34. The number of para-hydroxylation sites is 2. The molecular weight excluding hydrogens is 246 g/mol. The van der Waals surface area contributed by atoms with Crippen molar-refractivity contribution in [1.82, 2.24) is 4.90 Å². The molecule has 5 heteroatoms. The fourth-order valence-electron chi connectivity index (χ4n) is 1.91. The average molecular weight is 265 g/mol. The minimum absolute atomic E-state index is 0.0335. The maximum Gasteiger partial charge on any atom is 0.225 e. The summed E-state index contributed by atoms with van der Waals surface area (Å²) in [6, 6.07) is 7.34. The van der Waals surface area contributed by atoms with Crippen LogP contribution in [-0.2, 0) is 4.79 Å². The summed E-state index contributed by atoms with van der Waals surface area (Å²) < 4.78 is 0. The smallest absolute Gasteiger partial charge is 0.225 e. The molecule has 1 heterocycles. The molecule has 0 unspecified atom stereocenters. The Bertz CT molecular complexity index is 405. The zero-order valence-electron chi connectivity index (χ0n) is 10.4. The predicted molar refractivity (Wildman–Crippen MR) is 77.9 cm³/mol. The van der Waals surface area contributed by atoms with E-state index in [1.165, 1.54) is 11.5 Å². The summed E-state index contributed by atoms with van der Waals surface area (Å²) in [6.07, 6.45) is 0.527. The first-order valence-electron chi connectivity index (χ1n) is 6.20. The van der Waals surface area contributed by atoms with E-state index >= 15 is 0 Å². The third-order valence-electron chi connectivity index (χ3n) is 2.99. The number of hydrogen-bond donors (Lipinski definition) is 2. The lowest BCUT2D eigenvalue weighted by Crippen LogP contribution is -2.35. The molecule has 1 aliphatic heterocycles. The maximum atomic E-state index is 11.8. The average Bonchev–Trinajstić information content (AvgIpc) is 2.40.